The third-order valence-corrected chi connectivity index (χ3v) is 2.48. The van der Waals surface area contributed by atoms with Gasteiger partial charge in [-0.15, -0.1) is 19.2 Å². The fourth-order valence-electron chi connectivity index (χ4n) is 1.36. The van der Waals surface area contributed by atoms with Crippen molar-refractivity contribution in [3.8, 4) is 0 Å². The Kier molecular flexibility index (Phi) is 4.55. The molecule has 4 heteroatoms. The van der Waals surface area contributed by atoms with Crippen molar-refractivity contribution in [1.82, 2.24) is 4.90 Å². The highest BCUT2D eigenvalue weighted by Crippen LogP contribution is 2.15. The van der Waals surface area contributed by atoms with Gasteiger partial charge in [-0.25, -0.2) is 4.39 Å². The highest BCUT2D eigenvalue weighted by atomic mass is 32.1. The minimum absolute atomic E-state index is 0.0520. The van der Waals surface area contributed by atoms with Gasteiger partial charge in [0.15, 0.2) is 0 Å². The molecule has 1 aromatic carbocycles. The van der Waals surface area contributed by atoms with E-state index in [9.17, 15) is 9.18 Å². The summed E-state index contributed by atoms with van der Waals surface area (Å²) >= 11 is 4.09. The molecule has 0 N–H and O–H groups in total. The lowest BCUT2D eigenvalue weighted by molar-refractivity contribution is 0.0777. The van der Waals surface area contributed by atoms with E-state index < -0.39 is 5.82 Å². The van der Waals surface area contributed by atoms with Crippen LogP contribution in [-0.4, -0.2) is 23.9 Å². The largest absolute Gasteiger partial charge is 0.335 e. The number of benzene rings is 1. The number of rotatable bonds is 4. The zero-order chi connectivity index (χ0) is 12.1. The van der Waals surface area contributed by atoms with Gasteiger partial charge in [-0.1, -0.05) is 6.08 Å². The summed E-state index contributed by atoms with van der Waals surface area (Å²) < 4.78 is 13.4. The number of nitrogens with zero attached hydrogens (tertiary/aromatic N) is 1. The maximum Gasteiger partial charge on any atom is 0.257 e. The molecule has 0 aromatic heterocycles. The quantitative estimate of drug-likeness (QED) is 0.633. The summed E-state index contributed by atoms with van der Waals surface area (Å²) in [6.07, 6.45) is 1.61. The van der Waals surface area contributed by atoms with Gasteiger partial charge in [0.25, 0.3) is 5.91 Å². The maximum atomic E-state index is 13.4. The first kappa shape index (κ1) is 12.8. The predicted octanol–water partition coefficient (Wildman–Crippen LogP) is 2.76. The minimum Gasteiger partial charge on any atom is -0.335 e. The minimum atomic E-state index is -0.523. The van der Waals surface area contributed by atoms with Gasteiger partial charge < -0.3 is 4.90 Å². The lowest BCUT2D eigenvalue weighted by Gasteiger charge is -2.19. The van der Waals surface area contributed by atoms with Crippen LogP contribution in [0.2, 0.25) is 0 Å². The second kappa shape index (κ2) is 5.70. The molecular formula is C12H14FNOS. The Labute approximate surface area is 100 Å². The average molecular weight is 239 g/mol. The molecule has 0 unspecified atom stereocenters. The first-order chi connectivity index (χ1) is 7.60. The molecule has 0 heterocycles. The summed E-state index contributed by atoms with van der Waals surface area (Å²) in [6.45, 7) is 6.32. The monoisotopic (exact) mass is 239 g/mol. The highest BCUT2D eigenvalue weighted by molar-refractivity contribution is 7.80. The molecular weight excluding hydrogens is 225 g/mol. The Morgan fingerprint density at radius 2 is 2.31 bits per heavy atom. The van der Waals surface area contributed by atoms with E-state index in [0.717, 1.165) is 0 Å². The Morgan fingerprint density at radius 3 is 2.88 bits per heavy atom. The maximum absolute atomic E-state index is 13.4. The van der Waals surface area contributed by atoms with Crippen LogP contribution < -0.4 is 0 Å². The molecule has 0 aliphatic carbocycles. The van der Waals surface area contributed by atoms with Crippen LogP contribution in [0, 0.1) is 5.82 Å². The van der Waals surface area contributed by atoms with Gasteiger partial charge in [0.05, 0.1) is 5.56 Å². The van der Waals surface area contributed by atoms with Crippen LogP contribution in [0.4, 0.5) is 4.39 Å². The van der Waals surface area contributed by atoms with E-state index in [1.807, 2.05) is 6.92 Å². The SMILES string of the molecule is C=CCN(CC)C(=O)c1cc(S)ccc1F. The van der Waals surface area contributed by atoms with Crippen molar-refractivity contribution in [1.29, 1.82) is 0 Å². The molecule has 1 rings (SSSR count). The van der Waals surface area contributed by atoms with Crippen LogP contribution in [0.15, 0.2) is 35.7 Å². The van der Waals surface area contributed by atoms with Crippen LogP contribution in [0.5, 0.6) is 0 Å². The lowest BCUT2D eigenvalue weighted by Crippen LogP contribution is -2.31. The molecule has 1 aromatic rings. The van der Waals surface area contributed by atoms with Gasteiger partial charge >= 0.3 is 0 Å². The van der Waals surface area contributed by atoms with Crippen LogP contribution in [-0.2, 0) is 0 Å². The predicted molar refractivity (Wildman–Crippen MR) is 65.4 cm³/mol. The number of likely N-dealkylation sites (N-methyl/N-ethyl adjacent to an activating group) is 1. The molecule has 0 spiro atoms. The summed E-state index contributed by atoms with van der Waals surface area (Å²) in [5.74, 6) is -0.860. The van der Waals surface area contributed by atoms with E-state index in [1.165, 1.54) is 23.1 Å². The molecule has 0 saturated carbocycles. The number of thiol groups is 1. The second-order valence-corrected chi connectivity index (χ2v) is 3.81. The smallest absolute Gasteiger partial charge is 0.257 e. The summed E-state index contributed by atoms with van der Waals surface area (Å²) in [4.78, 5) is 14.0. The van der Waals surface area contributed by atoms with E-state index in [4.69, 9.17) is 0 Å². The third-order valence-electron chi connectivity index (χ3n) is 2.20. The molecule has 2 nitrogen and oxygen atoms in total. The average Bonchev–Trinajstić information content (AvgIpc) is 2.28. The van der Waals surface area contributed by atoms with Crippen molar-refractivity contribution in [2.45, 2.75) is 11.8 Å². The molecule has 0 radical (unpaired) electrons. The standard InChI is InChI=1S/C12H14FNOS/c1-3-7-14(4-2)12(15)10-8-9(16)5-6-11(10)13/h3,5-6,8,16H,1,4,7H2,2H3. The fraction of sp³-hybridized carbons (Fsp3) is 0.250. The fourth-order valence-corrected chi connectivity index (χ4v) is 1.56. The van der Waals surface area contributed by atoms with Crippen molar-refractivity contribution >= 4 is 18.5 Å². The summed E-state index contributed by atoms with van der Waals surface area (Å²) in [7, 11) is 0. The number of halogens is 1. The van der Waals surface area contributed by atoms with Gasteiger partial charge in [0.1, 0.15) is 5.82 Å². The zero-order valence-corrected chi connectivity index (χ0v) is 10.0. The Hall–Kier alpha value is -1.29. The van der Waals surface area contributed by atoms with Gasteiger partial charge in [-0.2, -0.15) is 0 Å². The molecule has 0 aliphatic heterocycles. The molecule has 0 atom stereocenters. The van der Waals surface area contributed by atoms with E-state index in [0.29, 0.717) is 18.0 Å². The topological polar surface area (TPSA) is 20.3 Å². The van der Waals surface area contributed by atoms with Gasteiger partial charge in [0.2, 0.25) is 0 Å². The van der Waals surface area contributed by atoms with Gasteiger partial charge in [0, 0.05) is 18.0 Å². The number of hydrogen-bond donors (Lipinski definition) is 1. The summed E-state index contributed by atoms with van der Waals surface area (Å²) in [5, 5.41) is 0. The zero-order valence-electron chi connectivity index (χ0n) is 9.11. The number of hydrogen-bond acceptors (Lipinski definition) is 2. The van der Waals surface area contributed by atoms with E-state index >= 15 is 0 Å². The molecule has 0 bridgehead atoms. The van der Waals surface area contributed by atoms with Gasteiger partial charge in [-0.05, 0) is 25.1 Å². The normalized spacial score (nSPS) is 9.94. The summed E-state index contributed by atoms with van der Waals surface area (Å²) in [5.41, 5.74) is 0.0520. The Bertz CT molecular complexity index is 406. The first-order valence-electron chi connectivity index (χ1n) is 4.98. The number of amides is 1. The van der Waals surface area contributed by atoms with Crippen molar-refractivity contribution in [2.75, 3.05) is 13.1 Å². The van der Waals surface area contributed by atoms with E-state index in [1.54, 1.807) is 6.08 Å². The first-order valence-corrected chi connectivity index (χ1v) is 5.43. The highest BCUT2D eigenvalue weighted by Gasteiger charge is 2.17. The second-order valence-electron chi connectivity index (χ2n) is 3.30. The number of carbonyl (C=O) groups is 1. The summed E-state index contributed by atoms with van der Waals surface area (Å²) in [6, 6.07) is 4.20. The Morgan fingerprint density at radius 1 is 1.62 bits per heavy atom. The molecule has 1 amide bonds. The van der Waals surface area contributed by atoms with E-state index in [-0.39, 0.29) is 11.5 Å². The van der Waals surface area contributed by atoms with Crippen molar-refractivity contribution in [2.24, 2.45) is 0 Å². The van der Waals surface area contributed by atoms with Crippen LogP contribution in [0.1, 0.15) is 17.3 Å². The van der Waals surface area contributed by atoms with Crippen LogP contribution in [0.25, 0.3) is 0 Å². The molecule has 0 saturated heterocycles. The van der Waals surface area contributed by atoms with Crippen LogP contribution in [0.3, 0.4) is 0 Å². The third kappa shape index (κ3) is 2.85. The van der Waals surface area contributed by atoms with Crippen LogP contribution >= 0.6 is 12.6 Å². The number of carbonyl (C=O) groups excluding carboxylic acids is 1. The van der Waals surface area contributed by atoms with Crippen molar-refractivity contribution in [3.05, 3.63) is 42.2 Å². The van der Waals surface area contributed by atoms with E-state index in [2.05, 4.69) is 19.2 Å². The van der Waals surface area contributed by atoms with Gasteiger partial charge in [-0.3, -0.25) is 4.79 Å². The lowest BCUT2D eigenvalue weighted by atomic mass is 10.2. The Balaban J connectivity index is 3.02. The molecule has 0 aliphatic rings. The molecule has 86 valence electrons. The van der Waals surface area contributed by atoms with Crippen molar-refractivity contribution < 1.29 is 9.18 Å². The molecule has 0 fully saturated rings. The van der Waals surface area contributed by atoms with Crippen molar-refractivity contribution in [3.63, 3.8) is 0 Å². The molecule has 16 heavy (non-hydrogen) atoms.